The second-order valence-electron chi connectivity index (χ2n) is 5.17. The zero-order chi connectivity index (χ0) is 18.7. The van der Waals surface area contributed by atoms with Crippen molar-refractivity contribution in [2.24, 2.45) is 0 Å². The molecule has 0 saturated heterocycles. The van der Waals surface area contributed by atoms with Gasteiger partial charge in [0, 0.05) is 31.3 Å². The lowest BCUT2D eigenvalue weighted by Crippen LogP contribution is -2.31. The highest BCUT2D eigenvalue weighted by Gasteiger charge is 2.13. The number of hydrogen-bond donors (Lipinski definition) is 1. The van der Waals surface area contributed by atoms with Crippen LogP contribution in [0.2, 0.25) is 5.02 Å². The van der Waals surface area contributed by atoms with Gasteiger partial charge in [0.05, 0.1) is 0 Å². The van der Waals surface area contributed by atoms with Gasteiger partial charge in [0.2, 0.25) is 6.29 Å². The van der Waals surface area contributed by atoms with Crippen molar-refractivity contribution in [2.45, 2.75) is 45.8 Å². The third-order valence-corrected chi connectivity index (χ3v) is 3.15. The summed E-state index contributed by atoms with van der Waals surface area (Å²) < 4.78 is 14.8. The van der Waals surface area contributed by atoms with Gasteiger partial charge in [-0.1, -0.05) is 18.5 Å². The Hall–Kier alpha value is -2.28. The van der Waals surface area contributed by atoms with Crippen molar-refractivity contribution in [1.29, 1.82) is 0 Å². The highest BCUT2D eigenvalue weighted by atomic mass is 35.5. The van der Waals surface area contributed by atoms with Crippen molar-refractivity contribution >= 4 is 29.6 Å². The first-order chi connectivity index (χ1) is 11.9. The SMILES string of the molecule is CCCC(=O)OC(C)OC(=O)NCCCC(=O)Oc1ccc(Cl)cc1. The number of ether oxygens (including phenoxy) is 3. The number of halogens is 1. The Balaban J connectivity index is 2.15. The lowest BCUT2D eigenvalue weighted by molar-refractivity contribution is -0.164. The van der Waals surface area contributed by atoms with Gasteiger partial charge in [0.1, 0.15) is 5.75 Å². The van der Waals surface area contributed by atoms with E-state index in [0.29, 0.717) is 23.6 Å². The van der Waals surface area contributed by atoms with Crippen LogP contribution in [0.1, 0.15) is 39.5 Å². The quantitative estimate of drug-likeness (QED) is 0.309. The average molecular weight is 372 g/mol. The van der Waals surface area contributed by atoms with E-state index in [1.54, 1.807) is 24.3 Å². The van der Waals surface area contributed by atoms with Gasteiger partial charge in [-0.25, -0.2) is 4.79 Å². The van der Waals surface area contributed by atoms with E-state index in [2.05, 4.69) is 5.32 Å². The molecular weight excluding hydrogens is 350 g/mol. The molecule has 0 aromatic heterocycles. The number of amides is 1. The van der Waals surface area contributed by atoms with E-state index < -0.39 is 24.3 Å². The van der Waals surface area contributed by atoms with Gasteiger partial charge in [-0.15, -0.1) is 0 Å². The number of carbonyl (C=O) groups is 3. The number of carbonyl (C=O) groups excluding carboxylic acids is 3. The van der Waals surface area contributed by atoms with Crippen LogP contribution in [0.5, 0.6) is 5.75 Å². The smallest absolute Gasteiger partial charge is 0.410 e. The maximum atomic E-state index is 11.6. The fourth-order valence-corrected chi connectivity index (χ4v) is 1.90. The predicted molar refractivity (Wildman–Crippen MR) is 91.3 cm³/mol. The van der Waals surface area contributed by atoms with E-state index in [-0.39, 0.29) is 19.4 Å². The molecule has 0 aliphatic rings. The second kappa shape index (κ2) is 11.3. The normalized spacial score (nSPS) is 11.3. The first-order valence-corrected chi connectivity index (χ1v) is 8.38. The largest absolute Gasteiger partial charge is 0.427 e. The average Bonchev–Trinajstić information content (AvgIpc) is 2.53. The molecule has 0 aliphatic heterocycles. The van der Waals surface area contributed by atoms with Gasteiger partial charge < -0.3 is 19.5 Å². The van der Waals surface area contributed by atoms with Crippen molar-refractivity contribution < 1.29 is 28.6 Å². The predicted octanol–water partition coefficient (Wildman–Crippen LogP) is 3.44. The molecule has 8 heteroatoms. The molecule has 1 aromatic rings. The van der Waals surface area contributed by atoms with Crippen LogP contribution in [0.3, 0.4) is 0 Å². The molecule has 0 bridgehead atoms. The summed E-state index contributed by atoms with van der Waals surface area (Å²) >= 11 is 5.74. The number of rotatable bonds is 9. The minimum atomic E-state index is -0.964. The maximum absolute atomic E-state index is 11.6. The summed E-state index contributed by atoms with van der Waals surface area (Å²) in [4.78, 5) is 34.4. The molecule has 0 aliphatic carbocycles. The molecule has 1 rings (SSSR count). The fourth-order valence-electron chi connectivity index (χ4n) is 1.77. The third kappa shape index (κ3) is 9.56. The number of hydrogen-bond acceptors (Lipinski definition) is 6. The molecule has 138 valence electrons. The lowest BCUT2D eigenvalue weighted by Gasteiger charge is -2.14. The van der Waals surface area contributed by atoms with E-state index in [1.807, 2.05) is 6.92 Å². The molecule has 7 nitrogen and oxygen atoms in total. The van der Waals surface area contributed by atoms with E-state index in [0.717, 1.165) is 0 Å². The summed E-state index contributed by atoms with van der Waals surface area (Å²) in [6.45, 7) is 3.53. The van der Waals surface area contributed by atoms with Gasteiger partial charge in [-0.3, -0.25) is 9.59 Å². The van der Waals surface area contributed by atoms with Crippen LogP contribution in [0.15, 0.2) is 24.3 Å². The minimum Gasteiger partial charge on any atom is -0.427 e. The molecule has 0 fully saturated rings. The molecule has 1 aromatic carbocycles. The summed E-state index contributed by atoms with van der Waals surface area (Å²) in [7, 11) is 0. The molecule has 1 N–H and O–H groups in total. The Labute approximate surface area is 151 Å². The van der Waals surface area contributed by atoms with Crippen molar-refractivity contribution in [3.8, 4) is 5.75 Å². The highest BCUT2D eigenvalue weighted by Crippen LogP contribution is 2.16. The Kier molecular flexibility index (Phi) is 9.39. The second-order valence-corrected chi connectivity index (χ2v) is 5.61. The summed E-state index contributed by atoms with van der Waals surface area (Å²) in [6.07, 6.45) is -0.249. The Morgan fingerprint density at radius 1 is 1.08 bits per heavy atom. The first kappa shape index (κ1) is 20.8. The first-order valence-electron chi connectivity index (χ1n) is 8.01. The summed E-state index contributed by atoms with van der Waals surface area (Å²) in [6, 6.07) is 6.43. The van der Waals surface area contributed by atoms with Gasteiger partial charge in [-0.2, -0.15) is 0 Å². The highest BCUT2D eigenvalue weighted by molar-refractivity contribution is 6.30. The van der Waals surface area contributed by atoms with Crippen LogP contribution in [0.25, 0.3) is 0 Å². The van der Waals surface area contributed by atoms with Gasteiger partial charge in [0.25, 0.3) is 0 Å². The Bertz CT molecular complexity index is 575. The number of alkyl carbamates (subject to hydrolysis) is 1. The fraction of sp³-hybridized carbons (Fsp3) is 0.471. The van der Waals surface area contributed by atoms with Crippen molar-refractivity contribution in [3.63, 3.8) is 0 Å². The molecule has 1 atom stereocenters. The number of benzene rings is 1. The zero-order valence-corrected chi connectivity index (χ0v) is 15.0. The van der Waals surface area contributed by atoms with Crippen LogP contribution in [0.4, 0.5) is 4.79 Å². The van der Waals surface area contributed by atoms with Crippen molar-refractivity contribution in [2.75, 3.05) is 6.54 Å². The van der Waals surface area contributed by atoms with Crippen LogP contribution in [-0.2, 0) is 19.1 Å². The molecule has 1 unspecified atom stereocenters. The Morgan fingerprint density at radius 3 is 2.40 bits per heavy atom. The molecule has 0 radical (unpaired) electrons. The maximum Gasteiger partial charge on any atom is 0.410 e. The van der Waals surface area contributed by atoms with E-state index >= 15 is 0 Å². The molecule has 1 amide bonds. The van der Waals surface area contributed by atoms with Crippen LogP contribution in [-0.4, -0.2) is 30.9 Å². The van der Waals surface area contributed by atoms with E-state index in [9.17, 15) is 14.4 Å². The van der Waals surface area contributed by atoms with Crippen molar-refractivity contribution in [3.05, 3.63) is 29.3 Å². The summed E-state index contributed by atoms with van der Waals surface area (Å²) in [5.74, 6) is -0.434. The molecule has 0 heterocycles. The zero-order valence-electron chi connectivity index (χ0n) is 14.2. The monoisotopic (exact) mass is 371 g/mol. The number of esters is 2. The topological polar surface area (TPSA) is 90.9 Å². The summed E-state index contributed by atoms with van der Waals surface area (Å²) in [5, 5.41) is 3.02. The van der Waals surface area contributed by atoms with Gasteiger partial charge in [0.15, 0.2) is 0 Å². The molecular formula is C17H22ClNO6. The lowest BCUT2D eigenvalue weighted by atomic mass is 10.3. The van der Waals surface area contributed by atoms with E-state index in [1.165, 1.54) is 6.92 Å². The molecule has 0 spiro atoms. The standard InChI is InChI=1S/C17H22ClNO6/c1-3-5-15(20)23-12(2)24-17(22)19-11-4-6-16(21)25-14-9-7-13(18)8-10-14/h7-10,12H,3-6,11H2,1-2H3,(H,19,22). The van der Waals surface area contributed by atoms with Crippen LogP contribution < -0.4 is 10.1 Å². The van der Waals surface area contributed by atoms with Gasteiger partial charge in [-0.05, 0) is 37.1 Å². The summed E-state index contributed by atoms with van der Waals surface area (Å²) in [5.41, 5.74) is 0. The van der Waals surface area contributed by atoms with Crippen molar-refractivity contribution in [1.82, 2.24) is 5.32 Å². The van der Waals surface area contributed by atoms with E-state index in [4.69, 9.17) is 25.8 Å². The van der Waals surface area contributed by atoms with Crippen LogP contribution >= 0.6 is 11.6 Å². The molecule has 25 heavy (non-hydrogen) atoms. The third-order valence-electron chi connectivity index (χ3n) is 2.90. The number of nitrogens with one attached hydrogen (secondary N) is 1. The molecule has 0 saturated carbocycles. The minimum absolute atomic E-state index is 0.129. The Morgan fingerprint density at radius 2 is 1.76 bits per heavy atom. The van der Waals surface area contributed by atoms with Crippen LogP contribution in [0, 0.1) is 0 Å². The van der Waals surface area contributed by atoms with Gasteiger partial charge >= 0.3 is 18.0 Å².